The van der Waals surface area contributed by atoms with Crippen LogP contribution < -0.4 is 5.32 Å². The van der Waals surface area contributed by atoms with Crippen molar-refractivity contribution in [3.05, 3.63) is 20.8 Å². The Hall–Kier alpha value is 0.180. The van der Waals surface area contributed by atoms with Crippen molar-refractivity contribution in [3.8, 4) is 0 Å². The molecule has 1 aromatic rings. The van der Waals surface area contributed by atoms with Gasteiger partial charge < -0.3 is 10.2 Å². The highest BCUT2D eigenvalue weighted by Gasteiger charge is 2.15. The zero-order chi connectivity index (χ0) is 12.8. The molecule has 0 aliphatic carbocycles. The van der Waals surface area contributed by atoms with Crippen LogP contribution in [0.1, 0.15) is 24.6 Å². The molecule has 3 nitrogen and oxygen atoms in total. The fourth-order valence-electron chi connectivity index (χ4n) is 2.11. The Morgan fingerprint density at radius 2 is 2.16 bits per heavy atom. The SMILES string of the molecule is CCNC(=NCCc1ccc(Br)s1)N1CCCC1.I. The van der Waals surface area contributed by atoms with Crippen LogP contribution >= 0.6 is 51.2 Å². The second kappa shape index (κ2) is 9.18. The molecule has 1 aromatic heterocycles. The summed E-state index contributed by atoms with van der Waals surface area (Å²) in [5, 5.41) is 3.39. The van der Waals surface area contributed by atoms with E-state index in [1.165, 1.54) is 21.5 Å². The molecule has 108 valence electrons. The molecule has 1 aliphatic rings. The summed E-state index contributed by atoms with van der Waals surface area (Å²) in [7, 11) is 0. The Balaban J connectivity index is 0.00000180. The third-order valence-corrected chi connectivity index (χ3v) is 4.67. The molecule has 0 atom stereocenters. The van der Waals surface area contributed by atoms with Gasteiger partial charge in [-0.25, -0.2) is 0 Å². The molecule has 19 heavy (non-hydrogen) atoms. The predicted octanol–water partition coefficient (Wildman–Crippen LogP) is 3.73. The quantitative estimate of drug-likeness (QED) is 0.423. The monoisotopic (exact) mass is 457 g/mol. The molecule has 0 bridgehead atoms. The fourth-order valence-corrected chi connectivity index (χ4v) is 3.58. The zero-order valence-corrected chi connectivity index (χ0v) is 15.9. The Morgan fingerprint density at radius 3 is 2.74 bits per heavy atom. The van der Waals surface area contributed by atoms with Crippen LogP contribution in [-0.4, -0.2) is 37.0 Å². The topological polar surface area (TPSA) is 27.6 Å². The lowest BCUT2D eigenvalue weighted by Crippen LogP contribution is -2.39. The summed E-state index contributed by atoms with van der Waals surface area (Å²) in [6.07, 6.45) is 3.61. The third-order valence-electron chi connectivity index (χ3n) is 2.99. The Labute approximate surface area is 145 Å². The average molecular weight is 458 g/mol. The minimum Gasteiger partial charge on any atom is -0.357 e. The Morgan fingerprint density at radius 1 is 1.42 bits per heavy atom. The Bertz CT molecular complexity index is 402. The molecule has 0 radical (unpaired) electrons. The molecule has 1 saturated heterocycles. The summed E-state index contributed by atoms with van der Waals surface area (Å²) in [5.41, 5.74) is 0. The second-order valence-electron chi connectivity index (χ2n) is 4.39. The number of hydrogen-bond acceptors (Lipinski definition) is 2. The molecule has 1 N–H and O–H groups in total. The first-order valence-corrected chi connectivity index (χ1v) is 8.18. The number of aliphatic imine (C=N–C) groups is 1. The summed E-state index contributed by atoms with van der Waals surface area (Å²) in [6.45, 7) is 6.24. The smallest absolute Gasteiger partial charge is 0.193 e. The van der Waals surface area contributed by atoms with E-state index >= 15 is 0 Å². The van der Waals surface area contributed by atoms with Gasteiger partial charge >= 0.3 is 0 Å². The number of rotatable bonds is 4. The number of guanidine groups is 1. The number of hydrogen-bond donors (Lipinski definition) is 1. The van der Waals surface area contributed by atoms with E-state index in [1.807, 2.05) is 0 Å². The van der Waals surface area contributed by atoms with Gasteiger partial charge in [-0.3, -0.25) is 4.99 Å². The molecule has 0 unspecified atom stereocenters. The van der Waals surface area contributed by atoms with E-state index in [4.69, 9.17) is 4.99 Å². The molecule has 2 rings (SSSR count). The highest BCUT2D eigenvalue weighted by molar-refractivity contribution is 14.0. The maximum atomic E-state index is 4.72. The highest BCUT2D eigenvalue weighted by atomic mass is 127. The van der Waals surface area contributed by atoms with E-state index in [0.717, 1.165) is 38.6 Å². The first kappa shape index (κ1) is 17.2. The third kappa shape index (κ3) is 5.59. The lowest BCUT2D eigenvalue weighted by atomic mass is 10.3. The van der Waals surface area contributed by atoms with Crippen LogP contribution in [0.3, 0.4) is 0 Å². The van der Waals surface area contributed by atoms with Gasteiger partial charge in [0, 0.05) is 37.5 Å². The fraction of sp³-hybridized carbons (Fsp3) is 0.615. The minimum atomic E-state index is 0. The van der Waals surface area contributed by atoms with Crippen molar-refractivity contribution in [2.24, 2.45) is 4.99 Å². The second-order valence-corrected chi connectivity index (χ2v) is 6.93. The van der Waals surface area contributed by atoms with Crippen molar-refractivity contribution < 1.29 is 0 Å². The largest absolute Gasteiger partial charge is 0.357 e. The van der Waals surface area contributed by atoms with Crippen molar-refractivity contribution in [1.29, 1.82) is 0 Å². The van der Waals surface area contributed by atoms with E-state index in [-0.39, 0.29) is 24.0 Å². The number of likely N-dealkylation sites (tertiary alicyclic amines) is 1. The first-order valence-electron chi connectivity index (χ1n) is 6.57. The lowest BCUT2D eigenvalue weighted by Gasteiger charge is -2.20. The van der Waals surface area contributed by atoms with Gasteiger partial charge in [0.15, 0.2) is 5.96 Å². The van der Waals surface area contributed by atoms with Gasteiger partial charge in [0.1, 0.15) is 0 Å². The molecule has 2 heterocycles. The number of thiophene rings is 1. The Kier molecular flexibility index (Phi) is 8.32. The van der Waals surface area contributed by atoms with E-state index < -0.39 is 0 Å². The molecule has 1 fully saturated rings. The molecule has 0 spiro atoms. The van der Waals surface area contributed by atoms with Crippen molar-refractivity contribution in [2.75, 3.05) is 26.2 Å². The predicted molar refractivity (Wildman–Crippen MR) is 97.9 cm³/mol. The average Bonchev–Trinajstić information content (AvgIpc) is 2.99. The van der Waals surface area contributed by atoms with E-state index in [1.54, 1.807) is 11.3 Å². The zero-order valence-electron chi connectivity index (χ0n) is 11.2. The maximum absolute atomic E-state index is 4.72. The lowest BCUT2D eigenvalue weighted by molar-refractivity contribution is 0.494. The molecule has 0 amide bonds. The van der Waals surface area contributed by atoms with Gasteiger partial charge in [-0.05, 0) is 47.8 Å². The standard InChI is InChI=1S/C13H20BrN3S.HI/c1-2-15-13(17-9-3-4-10-17)16-8-7-11-5-6-12(14)18-11;/h5-6H,2-4,7-10H2,1H3,(H,15,16);1H. The molecular formula is C13H21BrIN3S. The number of halogens is 2. The summed E-state index contributed by atoms with van der Waals surface area (Å²) >= 11 is 5.29. The first-order chi connectivity index (χ1) is 8.79. The van der Waals surface area contributed by atoms with Crippen LogP contribution in [0.4, 0.5) is 0 Å². The minimum absolute atomic E-state index is 0. The van der Waals surface area contributed by atoms with Crippen LogP contribution in [0, 0.1) is 0 Å². The van der Waals surface area contributed by atoms with Crippen molar-refractivity contribution in [2.45, 2.75) is 26.2 Å². The number of nitrogens with one attached hydrogen (secondary N) is 1. The highest BCUT2D eigenvalue weighted by Crippen LogP contribution is 2.22. The van der Waals surface area contributed by atoms with Crippen molar-refractivity contribution >= 4 is 57.2 Å². The van der Waals surface area contributed by atoms with Gasteiger partial charge in [0.2, 0.25) is 0 Å². The van der Waals surface area contributed by atoms with Gasteiger partial charge in [0.25, 0.3) is 0 Å². The summed E-state index contributed by atoms with van der Waals surface area (Å²) in [4.78, 5) is 8.48. The van der Waals surface area contributed by atoms with Crippen LogP contribution in [0.25, 0.3) is 0 Å². The molecule has 6 heteroatoms. The molecule has 0 aromatic carbocycles. The summed E-state index contributed by atoms with van der Waals surface area (Å²) in [6, 6.07) is 4.28. The van der Waals surface area contributed by atoms with E-state index in [9.17, 15) is 0 Å². The van der Waals surface area contributed by atoms with Crippen molar-refractivity contribution in [1.82, 2.24) is 10.2 Å². The van der Waals surface area contributed by atoms with Crippen LogP contribution in [-0.2, 0) is 6.42 Å². The van der Waals surface area contributed by atoms with Crippen LogP contribution in [0.15, 0.2) is 20.9 Å². The van der Waals surface area contributed by atoms with Crippen LogP contribution in [0.5, 0.6) is 0 Å². The normalized spacial score (nSPS) is 15.5. The van der Waals surface area contributed by atoms with Gasteiger partial charge in [-0.2, -0.15) is 0 Å². The summed E-state index contributed by atoms with van der Waals surface area (Å²) < 4.78 is 1.20. The van der Waals surface area contributed by atoms with E-state index in [2.05, 4.69) is 45.2 Å². The summed E-state index contributed by atoms with van der Waals surface area (Å²) in [5.74, 6) is 1.09. The molecule has 0 saturated carbocycles. The number of nitrogens with zero attached hydrogens (tertiary/aromatic N) is 2. The van der Waals surface area contributed by atoms with Crippen molar-refractivity contribution in [3.63, 3.8) is 0 Å². The van der Waals surface area contributed by atoms with E-state index in [0.29, 0.717) is 0 Å². The van der Waals surface area contributed by atoms with Gasteiger partial charge in [-0.1, -0.05) is 0 Å². The molecule has 1 aliphatic heterocycles. The maximum Gasteiger partial charge on any atom is 0.193 e. The molecular weight excluding hydrogens is 437 g/mol. The van der Waals surface area contributed by atoms with Gasteiger partial charge in [0.05, 0.1) is 3.79 Å². The van der Waals surface area contributed by atoms with Crippen LogP contribution in [0.2, 0.25) is 0 Å². The van der Waals surface area contributed by atoms with Gasteiger partial charge in [-0.15, -0.1) is 35.3 Å².